The molecule has 1 N–H and O–H groups in total. The minimum absolute atomic E-state index is 0.418. The summed E-state index contributed by atoms with van der Waals surface area (Å²) in [5, 5.41) is 4.43. The molecule has 3 aromatic rings. The molecule has 1 saturated carbocycles. The molecule has 134 valence electrons. The fraction of sp³-hybridized carbons (Fsp3) is 0.400. The number of hydrogen-bond acceptors (Lipinski definition) is 4. The van der Waals surface area contributed by atoms with Gasteiger partial charge in [0.1, 0.15) is 5.75 Å². The molecule has 0 saturated heterocycles. The molecule has 5 rings (SSSR count). The highest BCUT2D eigenvalue weighted by molar-refractivity contribution is 5.45. The van der Waals surface area contributed by atoms with Gasteiger partial charge in [0, 0.05) is 37.6 Å². The van der Waals surface area contributed by atoms with Crippen molar-refractivity contribution in [2.24, 2.45) is 5.92 Å². The van der Waals surface area contributed by atoms with Crippen LogP contribution in [0.5, 0.6) is 5.75 Å². The Hall–Kier alpha value is -2.60. The lowest BCUT2D eigenvalue weighted by Gasteiger charge is -2.35. The summed E-state index contributed by atoms with van der Waals surface area (Å²) in [6, 6.07) is 8.61. The molecule has 0 spiro atoms. The molecule has 3 heterocycles. The van der Waals surface area contributed by atoms with Gasteiger partial charge in [0.05, 0.1) is 30.9 Å². The summed E-state index contributed by atoms with van der Waals surface area (Å²) in [6.45, 7) is 1.92. The topological polar surface area (TPSA) is 59.0 Å². The monoisotopic (exact) mass is 349 g/mol. The molecular weight excluding hydrogens is 326 g/mol. The number of H-pyrrole nitrogens is 1. The number of ether oxygens (including phenoxy) is 1. The number of aromatic amines is 1. The molecule has 2 aromatic heterocycles. The van der Waals surface area contributed by atoms with E-state index in [-0.39, 0.29) is 0 Å². The number of nitrogens with zero attached hydrogens (tertiary/aromatic N) is 4. The van der Waals surface area contributed by atoms with Gasteiger partial charge in [-0.2, -0.15) is 5.10 Å². The molecule has 0 radical (unpaired) electrons. The van der Waals surface area contributed by atoms with Crippen molar-refractivity contribution in [1.29, 1.82) is 0 Å². The third-order valence-corrected chi connectivity index (χ3v) is 5.55. The largest absolute Gasteiger partial charge is 0.497 e. The summed E-state index contributed by atoms with van der Waals surface area (Å²) in [5.74, 6) is 1.62. The summed E-state index contributed by atoms with van der Waals surface area (Å²) in [5.41, 5.74) is 4.91. The lowest BCUT2D eigenvalue weighted by molar-refractivity contribution is 0.152. The van der Waals surface area contributed by atoms with E-state index in [0.717, 1.165) is 36.9 Å². The van der Waals surface area contributed by atoms with E-state index in [2.05, 4.69) is 32.1 Å². The smallest absolute Gasteiger partial charge is 0.119 e. The fourth-order valence-electron chi connectivity index (χ4n) is 4.13. The SMILES string of the molecule is COc1ccc(-n2cccn2)c(CN2CCc3[nH]cnc3[C@H]2C2CC2)c1. The van der Waals surface area contributed by atoms with Gasteiger partial charge in [-0.05, 0) is 48.6 Å². The molecule has 26 heavy (non-hydrogen) atoms. The number of hydrogen-bond donors (Lipinski definition) is 1. The second-order valence-corrected chi connectivity index (χ2v) is 7.21. The van der Waals surface area contributed by atoms with Crippen molar-refractivity contribution < 1.29 is 4.74 Å². The maximum absolute atomic E-state index is 5.48. The number of imidazole rings is 1. The molecule has 1 atom stereocenters. The van der Waals surface area contributed by atoms with Gasteiger partial charge < -0.3 is 9.72 Å². The van der Waals surface area contributed by atoms with Crippen LogP contribution >= 0.6 is 0 Å². The first-order valence-electron chi connectivity index (χ1n) is 9.26. The van der Waals surface area contributed by atoms with Crippen molar-refractivity contribution in [3.63, 3.8) is 0 Å². The predicted octanol–water partition coefficient (Wildman–Crippen LogP) is 3.11. The van der Waals surface area contributed by atoms with E-state index in [9.17, 15) is 0 Å². The van der Waals surface area contributed by atoms with E-state index in [1.807, 2.05) is 35.5 Å². The Morgan fingerprint density at radius 3 is 3.00 bits per heavy atom. The summed E-state index contributed by atoms with van der Waals surface area (Å²) < 4.78 is 7.42. The van der Waals surface area contributed by atoms with Crippen LogP contribution in [0.1, 0.15) is 35.8 Å². The average Bonchev–Trinajstić information content (AvgIpc) is 3.16. The molecule has 0 bridgehead atoms. The number of fused-ring (bicyclic) bond motifs is 1. The van der Waals surface area contributed by atoms with Gasteiger partial charge in [-0.3, -0.25) is 4.90 Å². The Balaban J connectivity index is 1.51. The maximum Gasteiger partial charge on any atom is 0.119 e. The van der Waals surface area contributed by atoms with Crippen LogP contribution in [-0.2, 0) is 13.0 Å². The third-order valence-electron chi connectivity index (χ3n) is 5.55. The van der Waals surface area contributed by atoms with E-state index in [1.54, 1.807) is 7.11 Å². The third kappa shape index (κ3) is 2.70. The highest BCUT2D eigenvalue weighted by Gasteiger charge is 2.41. The zero-order valence-corrected chi connectivity index (χ0v) is 14.9. The minimum Gasteiger partial charge on any atom is -0.497 e. The number of benzene rings is 1. The maximum atomic E-state index is 5.48. The first kappa shape index (κ1) is 15.6. The molecular formula is C20H23N5O. The van der Waals surface area contributed by atoms with Gasteiger partial charge in [-0.25, -0.2) is 9.67 Å². The quantitative estimate of drug-likeness (QED) is 0.769. The lowest BCUT2D eigenvalue weighted by Crippen LogP contribution is -2.36. The summed E-state index contributed by atoms with van der Waals surface area (Å²) in [4.78, 5) is 10.6. The zero-order valence-electron chi connectivity index (χ0n) is 14.9. The van der Waals surface area contributed by atoms with Crippen molar-refractivity contribution in [2.45, 2.75) is 31.8 Å². The van der Waals surface area contributed by atoms with Crippen LogP contribution < -0.4 is 4.74 Å². The van der Waals surface area contributed by atoms with E-state index < -0.39 is 0 Å². The number of rotatable bonds is 5. The van der Waals surface area contributed by atoms with Gasteiger partial charge in [-0.15, -0.1) is 0 Å². The standard InChI is InChI=1S/C20H23N5O/c1-26-16-5-6-18(25-9-2-8-23-25)15(11-16)12-24-10-7-17-19(22-13-21-17)20(24)14-3-4-14/h2,5-6,8-9,11,13-14,20H,3-4,7,10,12H2,1H3,(H,21,22)/t20-/m1/s1. The molecule has 1 aromatic carbocycles. The molecule has 2 aliphatic rings. The van der Waals surface area contributed by atoms with Gasteiger partial charge in [0.2, 0.25) is 0 Å². The van der Waals surface area contributed by atoms with Crippen LogP contribution in [0.15, 0.2) is 43.0 Å². The first-order valence-corrected chi connectivity index (χ1v) is 9.26. The number of aromatic nitrogens is 4. The van der Waals surface area contributed by atoms with Crippen LogP contribution in [0.4, 0.5) is 0 Å². The van der Waals surface area contributed by atoms with Crippen molar-refractivity contribution in [2.75, 3.05) is 13.7 Å². The second kappa shape index (κ2) is 6.29. The Morgan fingerprint density at radius 1 is 1.31 bits per heavy atom. The molecule has 0 amide bonds. The fourth-order valence-corrected chi connectivity index (χ4v) is 4.13. The molecule has 1 aliphatic carbocycles. The van der Waals surface area contributed by atoms with Crippen LogP contribution in [0.2, 0.25) is 0 Å². The highest BCUT2D eigenvalue weighted by atomic mass is 16.5. The van der Waals surface area contributed by atoms with E-state index in [0.29, 0.717) is 6.04 Å². The number of methoxy groups -OCH3 is 1. The molecule has 1 fully saturated rings. The Morgan fingerprint density at radius 2 is 2.23 bits per heavy atom. The summed E-state index contributed by atoms with van der Waals surface area (Å²) in [6.07, 6.45) is 9.29. The first-order chi connectivity index (χ1) is 12.8. The van der Waals surface area contributed by atoms with Crippen LogP contribution in [0.25, 0.3) is 5.69 Å². The molecule has 1 aliphatic heterocycles. The van der Waals surface area contributed by atoms with Gasteiger partial charge >= 0.3 is 0 Å². The van der Waals surface area contributed by atoms with Gasteiger partial charge in [-0.1, -0.05) is 0 Å². The van der Waals surface area contributed by atoms with E-state index in [4.69, 9.17) is 4.74 Å². The second-order valence-electron chi connectivity index (χ2n) is 7.21. The van der Waals surface area contributed by atoms with Crippen molar-refractivity contribution in [1.82, 2.24) is 24.6 Å². The van der Waals surface area contributed by atoms with Crippen LogP contribution in [0.3, 0.4) is 0 Å². The normalized spacial score (nSPS) is 20.1. The van der Waals surface area contributed by atoms with E-state index in [1.165, 1.54) is 29.8 Å². The number of nitrogens with one attached hydrogen (secondary N) is 1. The summed E-state index contributed by atoms with van der Waals surface area (Å²) >= 11 is 0. The van der Waals surface area contributed by atoms with Gasteiger partial charge in [0.15, 0.2) is 0 Å². The van der Waals surface area contributed by atoms with Crippen molar-refractivity contribution >= 4 is 0 Å². The Kier molecular flexibility index (Phi) is 3.78. The Bertz CT molecular complexity index is 897. The highest BCUT2D eigenvalue weighted by Crippen LogP contribution is 2.47. The summed E-state index contributed by atoms with van der Waals surface area (Å²) in [7, 11) is 1.72. The molecule has 6 heteroatoms. The molecule has 6 nitrogen and oxygen atoms in total. The van der Waals surface area contributed by atoms with Crippen molar-refractivity contribution in [3.8, 4) is 11.4 Å². The van der Waals surface area contributed by atoms with Crippen LogP contribution in [0, 0.1) is 5.92 Å². The van der Waals surface area contributed by atoms with E-state index >= 15 is 0 Å². The Labute approximate surface area is 152 Å². The van der Waals surface area contributed by atoms with Crippen molar-refractivity contribution in [3.05, 3.63) is 59.9 Å². The predicted molar refractivity (Wildman–Crippen MR) is 98.3 cm³/mol. The van der Waals surface area contributed by atoms with Gasteiger partial charge in [0.25, 0.3) is 0 Å². The lowest BCUT2D eigenvalue weighted by atomic mass is 9.97. The van der Waals surface area contributed by atoms with Crippen LogP contribution in [-0.4, -0.2) is 38.3 Å². The molecule has 0 unspecified atom stereocenters. The average molecular weight is 349 g/mol. The zero-order chi connectivity index (χ0) is 17.5. The minimum atomic E-state index is 0.418.